The number of furan rings is 1. The van der Waals surface area contributed by atoms with E-state index in [0.29, 0.717) is 35.2 Å². The van der Waals surface area contributed by atoms with Gasteiger partial charge in [0, 0.05) is 31.1 Å². The number of anilines is 1. The Labute approximate surface area is 250 Å². The van der Waals surface area contributed by atoms with Gasteiger partial charge in [-0.05, 0) is 91.2 Å². The molecule has 0 spiro atoms. The van der Waals surface area contributed by atoms with Crippen LogP contribution in [-0.2, 0) is 12.7 Å². The molecule has 44 heavy (non-hydrogen) atoms. The number of hydrogen-bond acceptors (Lipinski definition) is 6. The summed E-state index contributed by atoms with van der Waals surface area (Å²) in [6.45, 7) is 2.27. The highest BCUT2D eigenvalue weighted by Crippen LogP contribution is 2.31. The quantitative estimate of drug-likeness (QED) is 0.180. The van der Waals surface area contributed by atoms with Crippen molar-refractivity contribution in [2.75, 3.05) is 18.4 Å². The molecule has 226 valence electrons. The van der Waals surface area contributed by atoms with Crippen LogP contribution < -0.4 is 14.8 Å². The van der Waals surface area contributed by atoms with Gasteiger partial charge in [-0.1, -0.05) is 6.07 Å². The van der Waals surface area contributed by atoms with Gasteiger partial charge in [0.25, 0.3) is 5.91 Å². The smallest absolute Gasteiger partial charge is 0.416 e. The van der Waals surface area contributed by atoms with Gasteiger partial charge in [0.2, 0.25) is 5.88 Å². The molecule has 3 aromatic carbocycles. The number of nitrogens with one attached hydrogen (secondary N) is 1. The highest BCUT2D eigenvalue weighted by atomic mass is 19.4. The van der Waals surface area contributed by atoms with E-state index < -0.39 is 17.6 Å². The molecule has 1 aliphatic rings. The molecule has 0 atom stereocenters. The molecular formula is C33H27F4N3O4. The first-order chi connectivity index (χ1) is 21.2. The summed E-state index contributed by atoms with van der Waals surface area (Å²) in [4.78, 5) is 19.3. The van der Waals surface area contributed by atoms with Crippen molar-refractivity contribution in [1.29, 1.82) is 0 Å². The number of hydrogen-bond donors (Lipinski definition) is 1. The number of pyridine rings is 1. The molecule has 1 N–H and O–H groups in total. The summed E-state index contributed by atoms with van der Waals surface area (Å²) in [6, 6.07) is 21.1. The van der Waals surface area contributed by atoms with Gasteiger partial charge in [-0.25, -0.2) is 9.37 Å². The summed E-state index contributed by atoms with van der Waals surface area (Å²) in [5, 5.41) is 3.56. The number of piperidine rings is 1. The second-order valence-corrected chi connectivity index (χ2v) is 10.5. The Morgan fingerprint density at radius 1 is 0.932 bits per heavy atom. The predicted octanol–water partition coefficient (Wildman–Crippen LogP) is 8.07. The molecule has 0 saturated carbocycles. The van der Waals surface area contributed by atoms with E-state index in [2.05, 4.69) is 15.2 Å². The third kappa shape index (κ3) is 7.17. The van der Waals surface area contributed by atoms with Crippen LogP contribution in [0.5, 0.6) is 17.4 Å². The first-order valence-electron chi connectivity index (χ1n) is 14.0. The number of aromatic nitrogens is 1. The number of nitrogens with zero attached hydrogens (tertiary/aromatic N) is 2. The van der Waals surface area contributed by atoms with Gasteiger partial charge in [0.05, 0.1) is 17.4 Å². The lowest BCUT2D eigenvalue weighted by Crippen LogP contribution is -2.37. The van der Waals surface area contributed by atoms with Crippen LogP contribution in [-0.4, -0.2) is 35.0 Å². The Kier molecular flexibility index (Phi) is 8.21. The van der Waals surface area contributed by atoms with E-state index in [1.54, 1.807) is 18.2 Å². The highest BCUT2D eigenvalue weighted by molar-refractivity contribution is 6.04. The number of ether oxygens (including phenoxy) is 2. The van der Waals surface area contributed by atoms with Crippen LogP contribution in [0.2, 0.25) is 0 Å². The van der Waals surface area contributed by atoms with Crippen LogP contribution in [0.15, 0.2) is 95.5 Å². The third-order valence-electron chi connectivity index (χ3n) is 7.26. The van der Waals surface area contributed by atoms with Gasteiger partial charge in [-0.3, -0.25) is 9.69 Å². The molecule has 0 radical (unpaired) electrons. The fraction of sp³-hybridized carbons (Fsp3) is 0.212. The van der Waals surface area contributed by atoms with E-state index in [1.165, 1.54) is 42.6 Å². The molecule has 1 aliphatic heterocycles. The minimum atomic E-state index is -4.37. The van der Waals surface area contributed by atoms with Crippen molar-refractivity contribution in [3.8, 4) is 17.4 Å². The van der Waals surface area contributed by atoms with E-state index in [-0.39, 0.29) is 17.7 Å². The third-order valence-corrected chi connectivity index (χ3v) is 7.26. The largest absolute Gasteiger partial charge is 0.490 e. The number of carbonyl (C=O) groups is 1. The summed E-state index contributed by atoms with van der Waals surface area (Å²) < 4.78 is 68.7. The molecule has 3 heterocycles. The average molecular weight is 606 g/mol. The van der Waals surface area contributed by atoms with Crippen molar-refractivity contribution in [3.05, 3.63) is 114 Å². The number of fused-ring (bicyclic) bond motifs is 1. The van der Waals surface area contributed by atoms with Crippen molar-refractivity contribution in [1.82, 2.24) is 9.88 Å². The summed E-state index contributed by atoms with van der Waals surface area (Å²) in [6.07, 6.45) is -1.46. The molecule has 2 aromatic heterocycles. The summed E-state index contributed by atoms with van der Waals surface area (Å²) in [7, 11) is 0. The second-order valence-electron chi connectivity index (χ2n) is 10.5. The van der Waals surface area contributed by atoms with Crippen molar-refractivity contribution in [3.63, 3.8) is 0 Å². The molecule has 1 fully saturated rings. The van der Waals surface area contributed by atoms with Crippen molar-refractivity contribution in [2.24, 2.45) is 0 Å². The van der Waals surface area contributed by atoms with Crippen molar-refractivity contribution in [2.45, 2.75) is 31.7 Å². The Morgan fingerprint density at radius 2 is 1.66 bits per heavy atom. The Hall–Kier alpha value is -4.90. The maximum Gasteiger partial charge on any atom is 0.416 e. The second kappa shape index (κ2) is 12.4. The van der Waals surface area contributed by atoms with Crippen molar-refractivity contribution < 1.29 is 36.2 Å². The zero-order chi connectivity index (χ0) is 30.7. The van der Waals surface area contributed by atoms with E-state index in [9.17, 15) is 22.4 Å². The lowest BCUT2D eigenvalue weighted by atomic mass is 10.1. The van der Waals surface area contributed by atoms with Crippen LogP contribution in [0.3, 0.4) is 0 Å². The summed E-state index contributed by atoms with van der Waals surface area (Å²) in [5.74, 6) is 0.535. The number of amides is 1. The molecule has 6 rings (SSSR count). The first kappa shape index (κ1) is 29.2. The van der Waals surface area contributed by atoms with E-state index in [4.69, 9.17) is 13.9 Å². The molecule has 0 aliphatic carbocycles. The van der Waals surface area contributed by atoms with Crippen LogP contribution in [0.4, 0.5) is 23.2 Å². The Bertz CT molecular complexity index is 1730. The van der Waals surface area contributed by atoms with Gasteiger partial charge < -0.3 is 19.2 Å². The van der Waals surface area contributed by atoms with Gasteiger partial charge in [-0.15, -0.1) is 0 Å². The topological polar surface area (TPSA) is 76.8 Å². The maximum absolute atomic E-state index is 13.1. The first-order valence-corrected chi connectivity index (χ1v) is 14.0. The van der Waals surface area contributed by atoms with E-state index in [1.807, 2.05) is 18.2 Å². The molecule has 11 heteroatoms. The zero-order valence-corrected chi connectivity index (χ0v) is 23.3. The van der Waals surface area contributed by atoms with Gasteiger partial charge in [0.1, 0.15) is 29.0 Å². The standard InChI is InChI=1S/C33H27F4N3O4/c34-24-4-9-27(10-5-24)43-31-12-6-25(19-38-31)39-32(41)30-18-22-17-21(1-11-29(22)44-30)20-40-15-13-28(14-16-40)42-26-7-2-23(3-8-26)33(35,36)37/h1-12,17-19,28H,13-16,20H2,(H,39,41). The molecular weight excluding hydrogens is 578 g/mol. The number of benzene rings is 3. The van der Waals surface area contributed by atoms with Crippen LogP contribution in [0.25, 0.3) is 11.0 Å². The SMILES string of the molecule is O=C(Nc1ccc(Oc2ccc(F)cc2)nc1)c1cc2cc(CN3CCC(Oc4ccc(C(F)(F)F)cc4)CC3)ccc2o1. The van der Waals surface area contributed by atoms with Gasteiger partial charge in [-0.2, -0.15) is 13.2 Å². The van der Waals surface area contributed by atoms with E-state index >= 15 is 0 Å². The van der Waals surface area contributed by atoms with Crippen LogP contribution in [0, 0.1) is 5.82 Å². The van der Waals surface area contributed by atoms with Gasteiger partial charge in [0.15, 0.2) is 5.76 Å². The Balaban J connectivity index is 1.00. The number of rotatable bonds is 8. The minimum Gasteiger partial charge on any atom is -0.490 e. The monoisotopic (exact) mass is 605 g/mol. The lowest BCUT2D eigenvalue weighted by molar-refractivity contribution is -0.137. The van der Waals surface area contributed by atoms with E-state index in [0.717, 1.165) is 49.0 Å². The van der Waals surface area contributed by atoms with Gasteiger partial charge >= 0.3 is 6.18 Å². The average Bonchev–Trinajstić information content (AvgIpc) is 3.44. The normalized spacial score (nSPS) is 14.5. The Morgan fingerprint density at radius 3 is 2.34 bits per heavy atom. The molecule has 0 bridgehead atoms. The number of likely N-dealkylation sites (tertiary alicyclic amines) is 1. The summed E-state index contributed by atoms with van der Waals surface area (Å²) >= 11 is 0. The molecule has 7 nitrogen and oxygen atoms in total. The number of alkyl halides is 3. The van der Waals surface area contributed by atoms with Crippen LogP contribution >= 0.6 is 0 Å². The molecule has 1 amide bonds. The molecule has 0 unspecified atom stereocenters. The minimum absolute atomic E-state index is 0.0610. The maximum atomic E-state index is 13.1. The highest BCUT2D eigenvalue weighted by Gasteiger charge is 2.30. The summed E-state index contributed by atoms with van der Waals surface area (Å²) in [5.41, 5.74) is 1.41. The zero-order valence-electron chi connectivity index (χ0n) is 23.3. The van der Waals surface area contributed by atoms with Crippen molar-refractivity contribution >= 4 is 22.6 Å². The molecule has 1 saturated heterocycles. The fourth-order valence-corrected chi connectivity index (χ4v) is 4.99. The predicted molar refractivity (Wildman–Crippen MR) is 155 cm³/mol. The lowest BCUT2D eigenvalue weighted by Gasteiger charge is -2.32. The fourth-order valence-electron chi connectivity index (χ4n) is 4.99. The van der Waals surface area contributed by atoms with Crippen LogP contribution in [0.1, 0.15) is 34.5 Å². The number of halogens is 4. The number of carbonyl (C=O) groups excluding carboxylic acids is 1. The molecule has 5 aromatic rings.